The third-order valence-corrected chi connectivity index (χ3v) is 2.40. The molecule has 1 amide bonds. The van der Waals surface area contributed by atoms with Crippen LogP contribution in [0.3, 0.4) is 0 Å². The third kappa shape index (κ3) is 7.42. The van der Waals surface area contributed by atoms with E-state index in [4.69, 9.17) is 15.2 Å². The van der Waals surface area contributed by atoms with Gasteiger partial charge in [-0.05, 0) is 6.42 Å². The van der Waals surface area contributed by atoms with E-state index in [0.717, 1.165) is 18.8 Å². The van der Waals surface area contributed by atoms with Crippen LogP contribution in [0.25, 0.3) is 0 Å². The highest BCUT2D eigenvalue weighted by Gasteiger charge is 2.04. The Balaban J connectivity index is 2.53. The van der Waals surface area contributed by atoms with Gasteiger partial charge in [-0.2, -0.15) is 0 Å². The van der Waals surface area contributed by atoms with Crippen LogP contribution in [0.4, 0.5) is 11.6 Å². The maximum Gasteiger partial charge on any atom is 0.243 e. The van der Waals surface area contributed by atoms with Gasteiger partial charge in [0.1, 0.15) is 24.8 Å². The second-order valence-corrected chi connectivity index (χ2v) is 4.36. The summed E-state index contributed by atoms with van der Waals surface area (Å²) in [5.41, 5.74) is 4.98. The number of nitrogens with one attached hydrogen (secondary N) is 2. The van der Waals surface area contributed by atoms with Crippen LogP contribution in [-0.4, -0.2) is 49.3 Å². The fraction of sp³-hybridized carbons (Fsp3) is 0.615. The second kappa shape index (κ2) is 9.89. The van der Waals surface area contributed by atoms with E-state index in [2.05, 4.69) is 27.5 Å². The van der Waals surface area contributed by atoms with Crippen LogP contribution < -0.4 is 16.4 Å². The Morgan fingerprint density at radius 2 is 1.95 bits per heavy atom. The number of aromatic nitrogens is 2. The molecule has 0 radical (unpaired) electrons. The molecule has 0 aliphatic rings. The normalized spacial score (nSPS) is 10.4. The lowest BCUT2D eigenvalue weighted by molar-refractivity contribution is -0.122. The van der Waals surface area contributed by atoms with E-state index in [1.807, 2.05) is 6.07 Å². The number of carbonyl (C=O) groups excluding carboxylic acids is 1. The fourth-order valence-electron chi connectivity index (χ4n) is 1.55. The summed E-state index contributed by atoms with van der Waals surface area (Å²) in [6, 6.07) is 1.82. The first-order valence-corrected chi connectivity index (χ1v) is 6.86. The van der Waals surface area contributed by atoms with Crippen LogP contribution in [-0.2, 0) is 20.9 Å². The van der Waals surface area contributed by atoms with Crippen molar-refractivity contribution in [2.45, 2.75) is 20.0 Å². The van der Waals surface area contributed by atoms with Crippen molar-refractivity contribution in [2.75, 3.05) is 44.0 Å². The molecular weight excluding hydrogens is 274 g/mol. The topological polar surface area (TPSA) is 111 Å². The standard InChI is InChI=1S/C13H23N5O3/c1-3-4-15-11-7-12(18-13(17-11)9-20-2)16-5-6-21-8-10(14)19/h7H,3-6,8-9H2,1-2H3,(H2,14,19)(H2,15,16,17,18). The van der Waals surface area contributed by atoms with Gasteiger partial charge in [-0.1, -0.05) is 6.92 Å². The molecule has 1 heterocycles. The summed E-state index contributed by atoms with van der Waals surface area (Å²) in [6.07, 6.45) is 1.01. The lowest BCUT2D eigenvalue weighted by Crippen LogP contribution is -2.21. The minimum absolute atomic E-state index is 0.0797. The zero-order valence-corrected chi connectivity index (χ0v) is 12.5. The van der Waals surface area contributed by atoms with Crippen LogP contribution in [0, 0.1) is 0 Å². The zero-order chi connectivity index (χ0) is 15.5. The van der Waals surface area contributed by atoms with E-state index < -0.39 is 5.91 Å². The quantitative estimate of drug-likeness (QED) is 0.505. The molecule has 118 valence electrons. The molecule has 8 nitrogen and oxygen atoms in total. The highest BCUT2D eigenvalue weighted by Crippen LogP contribution is 2.11. The van der Waals surface area contributed by atoms with E-state index in [1.54, 1.807) is 7.11 Å². The maximum absolute atomic E-state index is 10.5. The first-order chi connectivity index (χ1) is 10.2. The van der Waals surface area contributed by atoms with Gasteiger partial charge in [0, 0.05) is 26.3 Å². The largest absolute Gasteiger partial charge is 0.377 e. The molecule has 0 saturated carbocycles. The molecule has 0 atom stereocenters. The number of carbonyl (C=O) groups is 1. The van der Waals surface area contributed by atoms with Gasteiger partial charge in [-0.3, -0.25) is 4.79 Å². The predicted molar refractivity (Wildman–Crippen MR) is 80.0 cm³/mol. The monoisotopic (exact) mass is 297 g/mol. The van der Waals surface area contributed by atoms with E-state index in [-0.39, 0.29) is 6.61 Å². The number of nitrogens with two attached hydrogens (primary N) is 1. The number of anilines is 2. The summed E-state index contributed by atoms with van der Waals surface area (Å²) in [5, 5.41) is 6.32. The molecular formula is C13H23N5O3. The number of rotatable bonds is 11. The van der Waals surface area contributed by atoms with Crippen molar-refractivity contribution in [3.05, 3.63) is 11.9 Å². The molecule has 0 aliphatic carbocycles. The Labute approximate surface area is 124 Å². The summed E-state index contributed by atoms with van der Waals surface area (Å²) in [5.74, 6) is 1.54. The molecule has 4 N–H and O–H groups in total. The van der Waals surface area contributed by atoms with Gasteiger partial charge < -0.3 is 25.8 Å². The average molecular weight is 297 g/mol. The zero-order valence-electron chi connectivity index (χ0n) is 12.5. The summed E-state index contributed by atoms with van der Waals surface area (Å²) in [7, 11) is 1.60. The summed E-state index contributed by atoms with van der Waals surface area (Å²) in [4.78, 5) is 19.2. The van der Waals surface area contributed by atoms with E-state index in [9.17, 15) is 4.79 Å². The number of methoxy groups -OCH3 is 1. The van der Waals surface area contributed by atoms with Crippen molar-refractivity contribution in [3.8, 4) is 0 Å². The average Bonchev–Trinajstić information content (AvgIpc) is 2.44. The Morgan fingerprint density at radius 1 is 1.29 bits per heavy atom. The first kappa shape index (κ1) is 17.1. The number of hydrogen-bond donors (Lipinski definition) is 3. The first-order valence-electron chi connectivity index (χ1n) is 6.86. The number of amides is 1. The molecule has 0 saturated heterocycles. The van der Waals surface area contributed by atoms with Gasteiger partial charge in [0.05, 0.1) is 6.61 Å². The van der Waals surface area contributed by atoms with Crippen molar-refractivity contribution in [2.24, 2.45) is 5.73 Å². The molecule has 0 fully saturated rings. The summed E-state index contributed by atoms with van der Waals surface area (Å²) in [6.45, 7) is 4.07. The van der Waals surface area contributed by atoms with E-state index in [0.29, 0.717) is 31.4 Å². The van der Waals surface area contributed by atoms with Gasteiger partial charge in [0.2, 0.25) is 5.91 Å². The Hall–Kier alpha value is -1.93. The number of nitrogens with zero attached hydrogens (tertiary/aromatic N) is 2. The van der Waals surface area contributed by atoms with Crippen molar-refractivity contribution in [1.82, 2.24) is 9.97 Å². The molecule has 1 rings (SSSR count). The highest BCUT2D eigenvalue weighted by atomic mass is 16.5. The van der Waals surface area contributed by atoms with Crippen molar-refractivity contribution in [1.29, 1.82) is 0 Å². The van der Waals surface area contributed by atoms with Crippen LogP contribution in [0.2, 0.25) is 0 Å². The van der Waals surface area contributed by atoms with Gasteiger partial charge in [-0.15, -0.1) is 0 Å². The van der Waals surface area contributed by atoms with Gasteiger partial charge >= 0.3 is 0 Å². The van der Waals surface area contributed by atoms with Gasteiger partial charge in [0.15, 0.2) is 5.82 Å². The van der Waals surface area contributed by atoms with Crippen molar-refractivity contribution >= 4 is 17.5 Å². The molecule has 0 bridgehead atoms. The van der Waals surface area contributed by atoms with Gasteiger partial charge in [-0.25, -0.2) is 9.97 Å². The van der Waals surface area contributed by atoms with E-state index >= 15 is 0 Å². The maximum atomic E-state index is 10.5. The molecule has 0 aromatic carbocycles. The van der Waals surface area contributed by atoms with Crippen LogP contribution >= 0.6 is 0 Å². The van der Waals surface area contributed by atoms with Crippen LogP contribution in [0.15, 0.2) is 6.07 Å². The molecule has 1 aromatic rings. The minimum Gasteiger partial charge on any atom is -0.377 e. The van der Waals surface area contributed by atoms with E-state index in [1.165, 1.54) is 0 Å². The fourth-order valence-corrected chi connectivity index (χ4v) is 1.55. The molecule has 0 unspecified atom stereocenters. The van der Waals surface area contributed by atoms with Crippen molar-refractivity contribution < 1.29 is 14.3 Å². The summed E-state index contributed by atoms with van der Waals surface area (Å²) >= 11 is 0. The van der Waals surface area contributed by atoms with Crippen LogP contribution in [0.1, 0.15) is 19.2 Å². The molecule has 8 heteroatoms. The molecule has 21 heavy (non-hydrogen) atoms. The van der Waals surface area contributed by atoms with Crippen molar-refractivity contribution in [3.63, 3.8) is 0 Å². The third-order valence-electron chi connectivity index (χ3n) is 2.40. The lowest BCUT2D eigenvalue weighted by Gasteiger charge is -2.11. The Morgan fingerprint density at radius 3 is 2.52 bits per heavy atom. The summed E-state index contributed by atoms with van der Waals surface area (Å²) < 4.78 is 10.1. The predicted octanol–water partition coefficient (Wildman–Crippen LogP) is 0.359. The Kier molecular flexibility index (Phi) is 8.07. The molecule has 1 aromatic heterocycles. The SMILES string of the molecule is CCCNc1cc(NCCOCC(N)=O)nc(COC)n1. The second-order valence-electron chi connectivity index (χ2n) is 4.36. The lowest BCUT2D eigenvalue weighted by atomic mass is 10.4. The number of primary amides is 1. The Bertz CT molecular complexity index is 442. The minimum atomic E-state index is -0.481. The smallest absolute Gasteiger partial charge is 0.243 e. The molecule has 0 aliphatic heterocycles. The molecule has 0 spiro atoms. The number of hydrogen-bond acceptors (Lipinski definition) is 7. The highest BCUT2D eigenvalue weighted by molar-refractivity contribution is 5.74. The number of ether oxygens (including phenoxy) is 2. The van der Waals surface area contributed by atoms with Crippen LogP contribution in [0.5, 0.6) is 0 Å². The van der Waals surface area contributed by atoms with Gasteiger partial charge in [0.25, 0.3) is 0 Å².